The summed E-state index contributed by atoms with van der Waals surface area (Å²) in [6, 6.07) is 8.78. The molecule has 2 aromatic rings. The molecule has 1 aromatic heterocycles. The predicted octanol–water partition coefficient (Wildman–Crippen LogP) is 1.64. The second kappa shape index (κ2) is 7.04. The van der Waals surface area contributed by atoms with Crippen molar-refractivity contribution in [3.63, 3.8) is 0 Å². The largest absolute Gasteiger partial charge is 0.354 e. The summed E-state index contributed by atoms with van der Waals surface area (Å²) < 4.78 is 2.08. The van der Waals surface area contributed by atoms with Gasteiger partial charge in [-0.25, -0.2) is 4.98 Å². The second-order valence-electron chi connectivity index (χ2n) is 5.37. The first kappa shape index (κ1) is 15.3. The summed E-state index contributed by atoms with van der Waals surface area (Å²) in [6.07, 6.45) is 3.73. The van der Waals surface area contributed by atoms with Gasteiger partial charge < -0.3 is 15.6 Å². The maximum Gasteiger partial charge on any atom is 0.241 e. The summed E-state index contributed by atoms with van der Waals surface area (Å²) in [7, 11) is 0. The summed E-state index contributed by atoms with van der Waals surface area (Å²) in [6.45, 7) is 5.48. The zero-order valence-corrected chi connectivity index (χ0v) is 12.5. The van der Waals surface area contributed by atoms with Gasteiger partial charge >= 0.3 is 0 Å². The minimum Gasteiger partial charge on any atom is -0.354 e. The van der Waals surface area contributed by atoms with E-state index in [1.54, 1.807) is 6.20 Å². The fourth-order valence-corrected chi connectivity index (χ4v) is 2.19. The van der Waals surface area contributed by atoms with Crippen LogP contribution in [0.4, 0.5) is 0 Å². The average Bonchev–Trinajstić information content (AvgIpc) is 2.90. The summed E-state index contributed by atoms with van der Waals surface area (Å²) in [5, 5.41) is 2.91. The Morgan fingerprint density at radius 1 is 1.38 bits per heavy atom. The topological polar surface area (TPSA) is 72.9 Å². The number of rotatable bonds is 6. The molecule has 0 radical (unpaired) electrons. The van der Waals surface area contributed by atoms with E-state index in [-0.39, 0.29) is 5.91 Å². The molecule has 0 fully saturated rings. The van der Waals surface area contributed by atoms with Crippen LogP contribution in [0, 0.1) is 12.8 Å². The van der Waals surface area contributed by atoms with Crippen LogP contribution in [0.2, 0.25) is 0 Å². The Hall–Kier alpha value is -2.14. The zero-order chi connectivity index (χ0) is 15.2. The Bertz CT molecular complexity index is 579. The Morgan fingerprint density at radius 2 is 2.10 bits per heavy atom. The first-order chi connectivity index (χ1) is 10.1. The molecule has 0 spiro atoms. The summed E-state index contributed by atoms with van der Waals surface area (Å²) in [5.74, 6) is 1.15. The number of carbonyl (C=O) groups excluding carboxylic acids is 1. The fraction of sp³-hybridized carbons (Fsp3) is 0.375. The van der Waals surface area contributed by atoms with E-state index in [0.29, 0.717) is 12.5 Å². The molecule has 0 aliphatic carbocycles. The molecule has 0 saturated carbocycles. The molecule has 2 atom stereocenters. The fourth-order valence-electron chi connectivity index (χ4n) is 2.19. The van der Waals surface area contributed by atoms with Crippen molar-refractivity contribution in [3.05, 3.63) is 54.1 Å². The van der Waals surface area contributed by atoms with Crippen LogP contribution in [0.3, 0.4) is 0 Å². The normalized spacial score (nSPS) is 13.7. The van der Waals surface area contributed by atoms with Crippen LogP contribution < -0.4 is 11.1 Å². The lowest BCUT2D eigenvalue weighted by Gasteiger charge is -2.17. The van der Waals surface area contributed by atoms with Gasteiger partial charge in [-0.3, -0.25) is 4.79 Å². The van der Waals surface area contributed by atoms with Crippen molar-refractivity contribution in [2.75, 3.05) is 6.54 Å². The minimum absolute atomic E-state index is 0.143. The summed E-state index contributed by atoms with van der Waals surface area (Å²) >= 11 is 0. The minimum atomic E-state index is -0.617. The number of imidazole rings is 1. The number of aryl methyl sites for hydroxylation is 1. The highest BCUT2D eigenvalue weighted by molar-refractivity contribution is 5.82. The van der Waals surface area contributed by atoms with Crippen LogP contribution >= 0.6 is 0 Å². The van der Waals surface area contributed by atoms with Crippen molar-refractivity contribution in [1.82, 2.24) is 14.9 Å². The molecule has 2 unspecified atom stereocenters. The lowest BCUT2D eigenvalue weighted by Crippen LogP contribution is -2.37. The Morgan fingerprint density at radius 3 is 2.71 bits per heavy atom. The van der Waals surface area contributed by atoms with Gasteiger partial charge in [0.25, 0.3) is 0 Å². The number of nitrogens with one attached hydrogen (secondary N) is 1. The molecule has 0 bridgehead atoms. The van der Waals surface area contributed by atoms with Crippen molar-refractivity contribution in [2.45, 2.75) is 26.4 Å². The van der Waals surface area contributed by atoms with Gasteiger partial charge in [0.05, 0.1) is 0 Å². The third kappa shape index (κ3) is 4.16. The van der Waals surface area contributed by atoms with E-state index in [1.807, 2.05) is 43.5 Å². The number of hydrogen-bond donors (Lipinski definition) is 2. The third-order valence-electron chi connectivity index (χ3n) is 3.50. The van der Waals surface area contributed by atoms with E-state index in [0.717, 1.165) is 17.9 Å². The Balaban J connectivity index is 1.82. The molecule has 1 aromatic carbocycles. The molecule has 3 N–H and O–H groups in total. The molecule has 5 heteroatoms. The summed E-state index contributed by atoms with van der Waals surface area (Å²) in [5.41, 5.74) is 6.78. The zero-order valence-electron chi connectivity index (χ0n) is 12.5. The highest BCUT2D eigenvalue weighted by atomic mass is 16.2. The van der Waals surface area contributed by atoms with Gasteiger partial charge in [0.2, 0.25) is 5.91 Å². The van der Waals surface area contributed by atoms with Crippen LogP contribution in [0.1, 0.15) is 24.4 Å². The number of carbonyl (C=O) groups is 1. The van der Waals surface area contributed by atoms with Gasteiger partial charge in [0.15, 0.2) is 0 Å². The van der Waals surface area contributed by atoms with E-state index in [2.05, 4.69) is 21.8 Å². The first-order valence-corrected chi connectivity index (χ1v) is 7.14. The molecule has 0 saturated heterocycles. The van der Waals surface area contributed by atoms with Gasteiger partial charge in [-0.05, 0) is 18.4 Å². The van der Waals surface area contributed by atoms with Gasteiger partial charge in [0.1, 0.15) is 11.9 Å². The molecule has 112 valence electrons. The second-order valence-corrected chi connectivity index (χ2v) is 5.37. The van der Waals surface area contributed by atoms with E-state index >= 15 is 0 Å². The van der Waals surface area contributed by atoms with E-state index in [9.17, 15) is 4.79 Å². The predicted molar refractivity (Wildman–Crippen MR) is 82.5 cm³/mol. The maximum atomic E-state index is 12.1. The molecular weight excluding hydrogens is 264 g/mol. The number of hydrogen-bond acceptors (Lipinski definition) is 3. The van der Waals surface area contributed by atoms with Gasteiger partial charge in [0, 0.05) is 25.5 Å². The van der Waals surface area contributed by atoms with Crippen molar-refractivity contribution in [3.8, 4) is 0 Å². The average molecular weight is 286 g/mol. The van der Waals surface area contributed by atoms with Crippen LogP contribution in [0.25, 0.3) is 0 Å². The van der Waals surface area contributed by atoms with Crippen molar-refractivity contribution in [1.29, 1.82) is 0 Å². The lowest BCUT2D eigenvalue weighted by atomic mass is 10.1. The van der Waals surface area contributed by atoms with Crippen molar-refractivity contribution in [2.24, 2.45) is 11.7 Å². The number of nitrogens with zero attached hydrogens (tertiary/aromatic N) is 2. The van der Waals surface area contributed by atoms with Crippen LogP contribution in [0.5, 0.6) is 0 Å². The molecule has 2 rings (SSSR count). The monoisotopic (exact) mass is 286 g/mol. The van der Waals surface area contributed by atoms with E-state index < -0.39 is 6.04 Å². The molecule has 0 aliphatic heterocycles. The molecule has 5 nitrogen and oxygen atoms in total. The number of benzene rings is 1. The quantitative estimate of drug-likeness (QED) is 0.848. The molecule has 0 aliphatic rings. The number of nitrogens with two attached hydrogens (primary N) is 1. The maximum absolute atomic E-state index is 12.1. The number of amides is 1. The standard InChI is InChI=1S/C16H22N4O/c1-12(11-20-9-8-18-13(20)2)10-19-16(21)15(17)14-6-4-3-5-7-14/h3-9,12,15H,10-11,17H2,1-2H3,(H,19,21). The van der Waals surface area contributed by atoms with Crippen LogP contribution in [-0.2, 0) is 11.3 Å². The SMILES string of the molecule is Cc1nccn1CC(C)CNC(=O)C(N)c1ccccc1. The first-order valence-electron chi connectivity index (χ1n) is 7.14. The third-order valence-corrected chi connectivity index (χ3v) is 3.50. The number of aromatic nitrogens is 2. The van der Waals surface area contributed by atoms with Crippen LogP contribution in [0.15, 0.2) is 42.7 Å². The van der Waals surface area contributed by atoms with Gasteiger partial charge in [-0.2, -0.15) is 0 Å². The van der Waals surface area contributed by atoms with Crippen molar-refractivity contribution >= 4 is 5.91 Å². The lowest BCUT2D eigenvalue weighted by molar-refractivity contribution is -0.122. The molecule has 1 amide bonds. The Labute approximate surface area is 125 Å². The molecule has 1 heterocycles. The highest BCUT2D eigenvalue weighted by Gasteiger charge is 2.16. The van der Waals surface area contributed by atoms with Crippen molar-refractivity contribution < 1.29 is 4.79 Å². The van der Waals surface area contributed by atoms with Gasteiger partial charge in [-0.15, -0.1) is 0 Å². The van der Waals surface area contributed by atoms with Gasteiger partial charge in [-0.1, -0.05) is 37.3 Å². The molecular formula is C16H22N4O. The van der Waals surface area contributed by atoms with E-state index in [1.165, 1.54) is 0 Å². The van der Waals surface area contributed by atoms with E-state index in [4.69, 9.17) is 5.73 Å². The van der Waals surface area contributed by atoms with Crippen LogP contribution in [-0.4, -0.2) is 22.0 Å². The Kier molecular flexibility index (Phi) is 5.11. The summed E-state index contributed by atoms with van der Waals surface area (Å²) in [4.78, 5) is 16.3. The molecule has 21 heavy (non-hydrogen) atoms. The highest BCUT2D eigenvalue weighted by Crippen LogP contribution is 2.09. The smallest absolute Gasteiger partial charge is 0.241 e.